The molecule has 0 N–H and O–H groups in total. The van der Waals surface area contributed by atoms with Gasteiger partial charge in [0.2, 0.25) is 0 Å². The fourth-order valence-electron chi connectivity index (χ4n) is 1.14. The van der Waals surface area contributed by atoms with E-state index in [-0.39, 0.29) is 0 Å². The molecular formula is C11H21. The second kappa shape index (κ2) is 5.40. The molecule has 0 aliphatic rings. The molecule has 0 heterocycles. The van der Waals surface area contributed by atoms with E-state index in [0.717, 1.165) is 6.42 Å². The van der Waals surface area contributed by atoms with Gasteiger partial charge in [-0.1, -0.05) is 45.8 Å². The van der Waals surface area contributed by atoms with Crippen LogP contribution in [0.3, 0.4) is 0 Å². The van der Waals surface area contributed by atoms with E-state index in [1.54, 1.807) is 0 Å². The second-order valence-corrected chi connectivity index (χ2v) is 3.89. The third-order valence-electron chi connectivity index (χ3n) is 2.01. The molecule has 0 bridgehead atoms. The van der Waals surface area contributed by atoms with Gasteiger partial charge in [0.15, 0.2) is 0 Å². The smallest absolute Gasteiger partial charge is 0.0299 e. The van der Waals surface area contributed by atoms with Gasteiger partial charge in [-0.2, -0.15) is 0 Å². The lowest BCUT2D eigenvalue weighted by Crippen LogP contribution is -2.09. The molecule has 65 valence electrons. The fourth-order valence-corrected chi connectivity index (χ4v) is 1.14. The minimum atomic E-state index is 0.476. The van der Waals surface area contributed by atoms with Gasteiger partial charge in [0, 0.05) is 0 Å². The molecule has 0 saturated heterocycles. The summed E-state index contributed by atoms with van der Waals surface area (Å²) in [4.78, 5) is 0. The zero-order chi connectivity index (χ0) is 8.74. The Kier molecular flexibility index (Phi) is 5.27. The van der Waals surface area contributed by atoms with Crippen LogP contribution in [-0.4, -0.2) is 0 Å². The van der Waals surface area contributed by atoms with Crippen LogP contribution >= 0.6 is 0 Å². The van der Waals surface area contributed by atoms with E-state index in [1.807, 2.05) is 0 Å². The van der Waals surface area contributed by atoms with Gasteiger partial charge in [-0.25, -0.2) is 0 Å². The predicted octanol–water partition coefficient (Wildman–Crippen LogP) is 3.98. The molecule has 0 unspecified atom stereocenters. The van der Waals surface area contributed by atoms with Crippen molar-refractivity contribution >= 4 is 0 Å². The predicted molar refractivity (Wildman–Crippen MR) is 52.4 cm³/mol. The first-order chi connectivity index (χ1) is 5.12. The summed E-state index contributed by atoms with van der Waals surface area (Å²) in [6.45, 7) is 10.6. The van der Waals surface area contributed by atoms with Crippen molar-refractivity contribution in [3.8, 4) is 0 Å². The zero-order valence-corrected chi connectivity index (χ0v) is 8.19. The van der Waals surface area contributed by atoms with E-state index < -0.39 is 0 Å². The standard InChI is InChI=1S/C11H21/c1-5-7-9-11(3,4)10-8-6-2/h6,8H,1,5,7,9-10H2,2-4H3/b8-6+. The minimum Gasteiger partial charge on any atom is -0.0916 e. The lowest BCUT2D eigenvalue weighted by molar-refractivity contribution is 0.330. The van der Waals surface area contributed by atoms with Crippen molar-refractivity contribution in [2.45, 2.75) is 46.5 Å². The average molecular weight is 153 g/mol. The van der Waals surface area contributed by atoms with Crippen LogP contribution < -0.4 is 0 Å². The molecule has 0 amide bonds. The molecule has 0 spiro atoms. The van der Waals surface area contributed by atoms with Crippen molar-refractivity contribution in [1.82, 2.24) is 0 Å². The van der Waals surface area contributed by atoms with Crippen LogP contribution in [0.25, 0.3) is 0 Å². The van der Waals surface area contributed by atoms with Gasteiger partial charge in [-0.05, 0) is 25.2 Å². The first-order valence-corrected chi connectivity index (χ1v) is 4.53. The molecule has 0 saturated carbocycles. The molecule has 0 atom stereocenters. The van der Waals surface area contributed by atoms with Crippen LogP contribution in [0.1, 0.15) is 46.5 Å². The maximum atomic E-state index is 3.85. The van der Waals surface area contributed by atoms with Gasteiger partial charge in [0.25, 0.3) is 0 Å². The Morgan fingerprint density at radius 3 is 2.45 bits per heavy atom. The molecule has 0 nitrogen and oxygen atoms in total. The van der Waals surface area contributed by atoms with Crippen LogP contribution in [0.4, 0.5) is 0 Å². The summed E-state index contributed by atoms with van der Waals surface area (Å²) in [6, 6.07) is 0. The summed E-state index contributed by atoms with van der Waals surface area (Å²) < 4.78 is 0. The molecule has 11 heavy (non-hydrogen) atoms. The Hall–Kier alpha value is -0.260. The largest absolute Gasteiger partial charge is 0.0916 e. The summed E-state index contributed by atoms with van der Waals surface area (Å²) >= 11 is 0. The van der Waals surface area contributed by atoms with Crippen molar-refractivity contribution in [2.24, 2.45) is 5.41 Å². The summed E-state index contributed by atoms with van der Waals surface area (Å²) in [7, 11) is 0. The Balaban J connectivity index is 3.60. The summed E-state index contributed by atoms with van der Waals surface area (Å²) in [5.41, 5.74) is 0.476. The Labute approximate surface area is 71.7 Å². The maximum Gasteiger partial charge on any atom is -0.0299 e. The first kappa shape index (κ1) is 10.7. The monoisotopic (exact) mass is 153 g/mol. The van der Waals surface area contributed by atoms with E-state index in [1.165, 1.54) is 19.3 Å². The average Bonchev–Trinajstić information content (AvgIpc) is 1.97. The van der Waals surface area contributed by atoms with E-state index in [0.29, 0.717) is 5.41 Å². The van der Waals surface area contributed by atoms with Crippen LogP contribution in [-0.2, 0) is 0 Å². The van der Waals surface area contributed by atoms with Gasteiger partial charge in [0.1, 0.15) is 0 Å². The highest BCUT2D eigenvalue weighted by Gasteiger charge is 2.14. The van der Waals surface area contributed by atoms with Gasteiger partial charge in [0.05, 0.1) is 0 Å². The van der Waals surface area contributed by atoms with Gasteiger partial charge in [-0.15, -0.1) is 0 Å². The number of rotatable bonds is 5. The number of hydrogen-bond acceptors (Lipinski definition) is 0. The van der Waals surface area contributed by atoms with Crippen LogP contribution in [0.2, 0.25) is 0 Å². The number of allylic oxidation sites excluding steroid dienone is 2. The van der Waals surface area contributed by atoms with Crippen LogP contribution in [0.5, 0.6) is 0 Å². The molecule has 0 rings (SSSR count). The normalized spacial score (nSPS) is 12.7. The molecule has 0 heteroatoms. The van der Waals surface area contributed by atoms with Crippen molar-refractivity contribution in [1.29, 1.82) is 0 Å². The highest BCUT2D eigenvalue weighted by atomic mass is 14.2. The van der Waals surface area contributed by atoms with E-state index in [9.17, 15) is 0 Å². The topological polar surface area (TPSA) is 0 Å². The van der Waals surface area contributed by atoms with Gasteiger partial charge in [-0.3, -0.25) is 0 Å². The Bertz CT molecular complexity index is 109. The van der Waals surface area contributed by atoms with Gasteiger partial charge >= 0.3 is 0 Å². The number of unbranched alkanes of at least 4 members (excludes halogenated alkanes) is 1. The van der Waals surface area contributed by atoms with E-state index >= 15 is 0 Å². The summed E-state index contributed by atoms with van der Waals surface area (Å²) in [6.07, 6.45) is 9.20. The maximum absolute atomic E-state index is 3.85. The number of hydrogen-bond donors (Lipinski definition) is 0. The van der Waals surface area contributed by atoms with E-state index in [4.69, 9.17) is 0 Å². The molecular weight excluding hydrogens is 132 g/mol. The molecule has 0 aliphatic carbocycles. The van der Waals surface area contributed by atoms with Crippen LogP contribution in [0.15, 0.2) is 12.2 Å². The molecule has 0 aromatic heterocycles. The SMILES string of the molecule is [CH2]CCCC(C)(C)C/C=C/C. The third-order valence-corrected chi connectivity index (χ3v) is 2.01. The van der Waals surface area contributed by atoms with Crippen molar-refractivity contribution in [2.75, 3.05) is 0 Å². The fraction of sp³-hybridized carbons (Fsp3) is 0.727. The Morgan fingerprint density at radius 2 is 2.00 bits per heavy atom. The third kappa shape index (κ3) is 6.15. The van der Waals surface area contributed by atoms with Crippen molar-refractivity contribution in [3.05, 3.63) is 19.1 Å². The van der Waals surface area contributed by atoms with E-state index in [2.05, 4.69) is 39.8 Å². The second-order valence-electron chi connectivity index (χ2n) is 3.89. The molecule has 0 fully saturated rings. The molecule has 0 aliphatic heterocycles. The van der Waals surface area contributed by atoms with Crippen LogP contribution in [0, 0.1) is 12.3 Å². The first-order valence-electron chi connectivity index (χ1n) is 4.53. The molecule has 0 aromatic carbocycles. The molecule has 1 radical (unpaired) electrons. The quantitative estimate of drug-likeness (QED) is 0.524. The molecule has 0 aromatic rings. The van der Waals surface area contributed by atoms with Crippen molar-refractivity contribution < 1.29 is 0 Å². The van der Waals surface area contributed by atoms with Crippen molar-refractivity contribution in [3.63, 3.8) is 0 Å². The highest BCUT2D eigenvalue weighted by Crippen LogP contribution is 2.27. The Morgan fingerprint density at radius 1 is 1.36 bits per heavy atom. The lowest BCUT2D eigenvalue weighted by Gasteiger charge is -2.22. The highest BCUT2D eigenvalue weighted by molar-refractivity contribution is 4.84. The minimum absolute atomic E-state index is 0.476. The summed E-state index contributed by atoms with van der Waals surface area (Å²) in [5.74, 6) is 0. The zero-order valence-electron chi connectivity index (χ0n) is 8.19. The van der Waals surface area contributed by atoms with Gasteiger partial charge < -0.3 is 0 Å². The summed E-state index contributed by atoms with van der Waals surface area (Å²) in [5, 5.41) is 0. The lowest BCUT2D eigenvalue weighted by atomic mass is 9.84.